The summed E-state index contributed by atoms with van der Waals surface area (Å²) in [6.45, 7) is 0. The van der Waals surface area contributed by atoms with Gasteiger partial charge in [-0.15, -0.1) is 0 Å². The van der Waals surface area contributed by atoms with Crippen LogP contribution in [0.2, 0.25) is 0 Å². The molecule has 0 heterocycles. The molecule has 4 nitrogen and oxygen atoms in total. The largest absolute Gasteiger partial charge is 0.493 e. The van der Waals surface area contributed by atoms with E-state index >= 15 is 0 Å². The number of methoxy groups -OCH3 is 1. The number of nitrogens with zero attached hydrogens (tertiary/aromatic N) is 1. The summed E-state index contributed by atoms with van der Waals surface area (Å²) >= 11 is 0. The second-order valence-electron chi connectivity index (χ2n) is 4.18. The summed E-state index contributed by atoms with van der Waals surface area (Å²) in [6, 6.07) is 5.47. The van der Waals surface area contributed by atoms with Crippen molar-refractivity contribution in [2.75, 3.05) is 7.11 Å². The predicted molar refractivity (Wildman–Crippen MR) is 65.3 cm³/mol. The van der Waals surface area contributed by atoms with Gasteiger partial charge in [0.1, 0.15) is 0 Å². The maximum absolute atomic E-state index is 8.52. The zero-order chi connectivity index (χ0) is 12.1. The predicted octanol–water partition coefficient (Wildman–Crippen LogP) is 2.82. The molecule has 1 N–H and O–H groups in total. The molecule has 0 unspecified atom stereocenters. The maximum Gasteiger partial charge on any atom is 0.162 e. The Bertz CT molecular complexity index is 398. The summed E-state index contributed by atoms with van der Waals surface area (Å²) < 4.78 is 11.2. The molecule has 1 fully saturated rings. The van der Waals surface area contributed by atoms with Crippen molar-refractivity contribution in [3.8, 4) is 11.5 Å². The fourth-order valence-electron chi connectivity index (χ4n) is 2.12. The Morgan fingerprint density at radius 3 is 2.71 bits per heavy atom. The third kappa shape index (κ3) is 2.90. The Morgan fingerprint density at radius 2 is 2.06 bits per heavy atom. The first-order valence-electron chi connectivity index (χ1n) is 5.85. The highest BCUT2D eigenvalue weighted by Gasteiger charge is 2.18. The molecule has 1 aromatic rings. The second-order valence-corrected chi connectivity index (χ2v) is 4.18. The third-order valence-corrected chi connectivity index (χ3v) is 2.99. The highest BCUT2D eigenvalue weighted by Crippen LogP contribution is 2.32. The molecule has 1 aliphatic carbocycles. The van der Waals surface area contributed by atoms with E-state index in [0.717, 1.165) is 24.2 Å². The molecule has 1 saturated carbocycles. The SMILES string of the molecule is COc1ccc(/C=N/O)cc1OC1CCCC1. The van der Waals surface area contributed by atoms with Crippen molar-refractivity contribution < 1.29 is 14.7 Å². The molecule has 0 radical (unpaired) electrons. The van der Waals surface area contributed by atoms with E-state index in [1.165, 1.54) is 19.1 Å². The molecular weight excluding hydrogens is 218 g/mol. The van der Waals surface area contributed by atoms with Gasteiger partial charge in [0, 0.05) is 5.56 Å². The number of hydrogen-bond donors (Lipinski definition) is 1. The van der Waals surface area contributed by atoms with Crippen LogP contribution in [0, 0.1) is 0 Å². The molecule has 17 heavy (non-hydrogen) atoms. The van der Waals surface area contributed by atoms with Gasteiger partial charge in [0.05, 0.1) is 19.4 Å². The molecule has 0 bridgehead atoms. The highest BCUT2D eigenvalue weighted by atomic mass is 16.5. The molecule has 1 aliphatic rings. The lowest BCUT2D eigenvalue weighted by Gasteiger charge is -2.16. The van der Waals surface area contributed by atoms with Gasteiger partial charge in [0.15, 0.2) is 11.5 Å². The van der Waals surface area contributed by atoms with E-state index in [1.54, 1.807) is 7.11 Å². The first kappa shape index (κ1) is 11.8. The quantitative estimate of drug-likeness (QED) is 0.496. The number of oxime groups is 1. The Kier molecular flexibility index (Phi) is 3.85. The summed E-state index contributed by atoms with van der Waals surface area (Å²) in [7, 11) is 1.62. The normalized spacial score (nSPS) is 16.5. The maximum atomic E-state index is 8.52. The van der Waals surface area contributed by atoms with Crippen LogP contribution in [0.3, 0.4) is 0 Å². The Labute approximate surface area is 101 Å². The highest BCUT2D eigenvalue weighted by molar-refractivity contribution is 5.80. The monoisotopic (exact) mass is 235 g/mol. The molecule has 0 aromatic heterocycles. The number of rotatable bonds is 4. The van der Waals surface area contributed by atoms with Crippen LogP contribution in [0.1, 0.15) is 31.2 Å². The van der Waals surface area contributed by atoms with Crippen molar-refractivity contribution in [1.29, 1.82) is 0 Å². The Morgan fingerprint density at radius 1 is 1.29 bits per heavy atom. The summed E-state index contributed by atoms with van der Waals surface area (Å²) in [4.78, 5) is 0. The average Bonchev–Trinajstić information content (AvgIpc) is 2.83. The van der Waals surface area contributed by atoms with E-state index < -0.39 is 0 Å². The molecule has 0 spiro atoms. The van der Waals surface area contributed by atoms with Crippen molar-refractivity contribution in [3.05, 3.63) is 23.8 Å². The lowest BCUT2D eigenvalue weighted by molar-refractivity contribution is 0.201. The van der Waals surface area contributed by atoms with E-state index in [0.29, 0.717) is 5.75 Å². The van der Waals surface area contributed by atoms with E-state index in [9.17, 15) is 0 Å². The number of hydrogen-bond acceptors (Lipinski definition) is 4. The second kappa shape index (κ2) is 5.57. The minimum absolute atomic E-state index is 0.283. The van der Waals surface area contributed by atoms with Crippen molar-refractivity contribution in [1.82, 2.24) is 0 Å². The van der Waals surface area contributed by atoms with E-state index in [4.69, 9.17) is 14.7 Å². The minimum atomic E-state index is 0.283. The molecule has 4 heteroatoms. The summed E-state index contributed by atoms with van der Waals surface area (Å²) in [5, 5.41) is 11.5. The van der Waals surface area contributed by atoms with Gasteiger partial charge in [-0.1, -0.05) is 5.16 Å². The molecule has 0 aliphatic heterocycles. The van der Waals surface area contributed by atoms with Crippen LogP contribution in [-0.4, -0.2) is 24.6 Å². The van der Waals surface area contributed by atoms with Crippen LogP contribution in [0.5, 0.6) is 11.5 Å². The zero-order valence-electron chi connectivity index (χ0n) is 9.93. The van der Waals surface area contributed by atoms with Crippen molar-refractivity contribution in [3.63, 3.8) is 0 Å². The third-order valence-electron chi connectivity index (χ3n) is 2.99. The molecule has 92 valence electrons. The van der Waals surface area contributed by atoms with Crippen molar-refractivity contribution in [2.45, 2.75) is 31.8 Å². The van der Waals surface area contributed by atoms with Gasteiger partial charge in [0.2, 0.25) is 0 Å². The van der Waals surface area contributed by atoms with Gasteiger partial charge >= 0.3 is 0 Å². The lowest BCUT2D eigenvalue weighted by Crippen LogP contribution is -2.11. The van der Waals surface area contributed by atoms with E-state index in [2.05, 4.69) is 5.16 Å². The van der Waals surface area contributed by atoms with Crippen LogP contribution < -0.4 is 9.47 Å². The molecule has 2 rings (SSSR count). The van der Waals surface area contributed by atoms with Gasteiger partial charge < -0.3 is 14.7 Å². The van der Waals surface area contributed by atoms with Crippen LogP contribution in [0.4, 0.5) is 0 Å². The number of benzene rings is 1. The topological polar surface area (TPSA) is 51.0 Å². The van der Waals surface area contributed by atoms with Gasteiger partial charge in [-0.25, -0.2) is 0 Å². The first-order chi connectivity index (χ1) is 8.33. The molecule has 1 aromatic carbocycles. The Hall–Kier alpha value is -1.71. The van der Waals surface area contributed by atoms with Gasteiger partial charge in [-0.05, 0) is 43.9 Å². The first-order valence-corrected chi connectivity index (χ1v) is 5.85. The van der Waals surface area contributed by atoms with Crippen molar-refractivity contribution in [2.24, 2.45) is 5.16 Å². The van der Waals surface area contributed by atoms with Crippen LogP contribution >= 0.6 is 0 Å². The zero-order valence-corrected chi connectivity index (χ0v) is 9.93. The van der Waals surface area contributed by atoms with Crippen LogP contribution in [0.25, 0.3) is 0 Å². The summed E-state index contributed by atoms with van der Waals surface area (Å²) in [5.41, 5.74) is 0.793. The van der Waals surface area contributed by atoms with Crippen LogP contribution in [0.15, 0.2) is 23.4 Å². The molecule has 0 amide bonds. The number of ether oxygens (including phenoxy) is 2. The molecule has 0 atom stereocenters. The van der Waals surface area contributed by atoms with Crippen molar-refractivity contribution >= 4 is 6.21 Å². The molecule has 0 saturated heterocycles. The van der Waals surface area contributed by atoms with Gasteiger partial charge in [-0.3, -0.25) is 0 Å². The smallest absolute Gasteiger partial charge is 0.162 e. The Balaban J connectivity index is 2.18. The fraction of sp³-hybridized carbons (Fsp3) is 0.462. The molecular formula is C13H17NO3. The van der Waals surface area contributed by atoms with E-state index in [-0.39, 0.29) is 6.10 Å². The average molecular weight is 235 g/mol. The van der Waals surface area contributed by atoms with E-state index in [1.807, 2.05) is 18.2 Å². The lowest BCUT2D eigenvalue weighted by atomic mass is 10.2. The minimum Gasteiger partial charge on any atom is -0.493 e. The fourth-order valence-corrected chi connectivity index (χ4v) is 2.12. The van der Waals surface area contributed by atoms with Crippen LogP contribution in [-0.2, 0) is 0 Å². The van der Waals surface area contributed by atoms with Gasteiger partial charge in [0.25, 0.3) is 0 Å². The summed E-state index contributed by atoms with van der Waals surface area (Å²) in [5.74, 6) is 1.43. The summed E-state index contributed by atoms with van der Waals surface area (Å²) in [6.07, 6.45) is 6.31. The standard InChI is InChI=1S/C13H17NO3/c1-16-12-7-6-10(9-14-15)8-13(12)17-11-4-2-3-5-11/h6-9,11,15H,2-5H2,1H3/b14-9+. The van der Waals surface area contributed by atoms with Gasteiger partial charge in [-0.2, -0.15) is 0 Å².